The Morgan fingerprint density at radius 3 is 2.56 bits per heavy atom. The molecule has 0 aliphatic heterocycles. The van der Waals surface area contributed by atoms with E-state index < -0.39 is 0 Å². The zero-order valence-electron chi connectivity index (χ0n) is 5.34. The number of nitrogens with zero attached hydrogens (tertiary/aromatic N) is 1. The summed E-state index contributed by atoms with van der Waals surface area (Å²) in [5.41, 5.74) is 0. The van der Waals surface area contributed by atoms with Crippen molar-refractivity contribution >= 4 is 17.8 Å². The lowest BCUT2D eigenvalue weighted by molar-refractivity contribution is -0.566. The fourth-order valence-electron chi connectivity index (χ4n) is 0.415. The SMILES string of the molecule is C=C[n+]1cc[nH]c1.CCl. The summed E-state index contributed by atoms with van der Waals surface area (Å²) in [5.74, 6) is 0. The van der Waals surface area contributed by atoms with Crippen molar-refractivity contribution in [2.75, 3.05) is 6.38 Å². The van der Waals surface area contributed by atoms with Gasteiger partial charge in [-0.15, -0.1) is 11.6 Å². The van der Waals surface area contributed by atoms with Crippen LogP contribution in [0.2, 0.25) is 0 Å². The second-order valence-electron chi connectivity index (χ2n) is 1.24. The summed E-state index contributed by atoms with van der Waals surface area (Å²) in [5, 5.41) is 0. The lowest BCUT2D eigenvalue weighted by atomic mass is 10.9. The monoisotopic (exact) mass is 145 g/mol. The molecule has 2 nitrogen and oxygen atoms in total. The molecule has 0 amide bonds. The largest absolute Gasteiger partial charge is 0.250 e. The lowest BCUT2D eigenvalue weighted by Gasteiger charge is -1.70. The Kier molecular flexibility index (Phi) is 4.92. The Morgan fingerprint density at radius 1 is 1.67 bits per heavy atom. The van der Waals surface area contributed by atoms with Crippen LogP contribution < -0.4 is 4.57 Å². The Balaban J connectivity index is 0.000000291. The summed E-state index contributed by atoms with van der Waals surface area (Å²) in [7, 11) is 0. The molecular weight excluding hydrogens is 136 g/mol. The quantitative estimate of drug-likeness (QED) is 0.454. The number of nitrogens with one attached hydrogen (secondary N) is 1. The third-order valence-corrected chi connectivity index (χ3v) is 0.777. The normalized spacial score (nSPS) is 7.33. The molecule has 0 saturated heterocycles. The summed E-state index contributed by atoms with van der Waals surface area (Å²) in [4.78, 5) is 2.87. The van der Waals surface area contributed by atoms with Gasteiger partial charge in [-0.05, 0) is 0 Å². The van der Waals surface area contributed by atoms with E-state index in [-0.39, 0.29) is 0 Å². The van der Waals surface area contributed by atoms with Gasteiger partial charge in [0.1, 0.15) is 12.4 Å². The van der Waals surface area contributed by atoms with E-state index in [9.17, 15) is 0 Å². The van der Waals surface area contributed by atoms with Crippen molar-refractivity contribution in [3.8, 4) is 0 Å². The van der Waals surface area contributed by atoms with Crippen LogP contribution in [0, 0.1) is 0 Å². The Morgan fingerprint density at radius 2 is 2.33 bits per heavy atom. The lowest BCUT2D eigenvalue weighted by Crippen LogP contribution is -2.19. The molecule has 1 aromatic heterocycles. The van der Waals surface area contributed by atoms with Crippen LogP contribution in [0.1, 0.15) is 0 Å². The minimum Gasteiger partial charge on any atom is -0.250 e. The molecule has 1 aromatic rings. The van der Waals surface area contributed by atoms with Crippen molar-refractivity contribution in [3.63, 3.8) is 0 Å². The summed E-state index contributed by atoms with van der Waals surface area (Å²) in [6.45, 7) is 3.55. The minimum atomic E-state index is 1.47. The maximum atomic E-state index is 4.64. The van der Waals surface area contributed by atoms with Gasteiger partial charge in [0.15, 0.2) is 0 Å². The van der Waals surface area contributed by atoms with Gasteiger partial charge in [-0.2, -0.15) is 0 Å². The van der Waals surface area contributed by atoms with E-state index in [2.05, 4.69) is 23.2 Å². The molecule has 0 spiro atoms. The maximum absolute atomic E-state index is 4.64. The van der Waals surface area contributed by atoms with Crippen molar-refractivity contribution in [1.82, 2.24) is 4.98 Å². The van der Waals surface area contributed by atoms with Crippen LogP contribution in [0.3, 0.4) is 0 Å². The van der Waals surface area contributed by atoms with Crippen LogP contribution in [-0.2, 0) is 0 Å². The first-order valence-electron chi connectivity index (χ1n) is 2.47. The van der Waals surface area contributed by atoms with Gasteiger partial charge < -0.3 is 0 Å². The molecule has 3 heteroatoms. The molecule has 0 aliphatic carbocycles. The highest BCUT2D eigenvalue weighted by atomic mass is 35.5. The van der Waals surface area contributed by atoms with E-state index in [1.165, 1.54) is 6.38 Å². The van der Waals surface area contributed by atoms with Crippen molar-refractivity contribution < 1.29 is 4.57 Å². The number of alkyl halides is 1. The number of aromatic amines is 1. The van der Waals surface area contributed by atoms with Gasteiger partial charge in [-0.3, -0.25) is 0 Å². The molecule has 0 saturated carbocycles. The Hall–Kier alpha value is -0.760. The smallest absolute Gasteiger partial charge is 0.246 e. The number of halogens is 1. The van der Waals surface area contributed by atoms with Crippen LogP contribution in [0.5, 0.6) is 0 Å². The van der Waals surface area contributed by atoms with E-state index >= 15 is 0 Å². The first-order chi connectivity index (χ1) is 4.43. The van der Waals surface area contributed by atoms with Gasteiger partial charge in [0.25, 0.3) is 0 Å². The van der Waals surface area contributed by atoms with Crippen LogP contribution >= 0.6 is 11.6 Å². The van der Waals surface area contributed by atoms with Crippen LogP contribution in [0.4, 0.5) is 0 Å². The van der Waals surface area contributed by atoms with E-state index in [0.717, 1.165) is 0 Å². The summed E-state index contributed by atoms with van der Waals surface area (Å²) >= 11 is 4.64. The van der Waals surface area contributed by atoms with Crippen molar-refractivity contribution in [2.24, 2.45) is 0 Å². The van der Waals surface area contributed by atoms with Gasteiger partial charge in [-0.25, -0.2) is 9.55 Å². The third kappa shape index (κ3) is 2.93. The molecule has 1 N–H and O–H groups in total. The highest BCUT2D eigenvalue weighted by Gasteiger charge is 1.82. The summed E-state index contributed by atoms with van der Waals surface area (Å²) < 4.78 is 1.83. The topological polar surface area (TPSA) is 19.7 Å². The Bertz CT molecular complexity index is 146. The van der Waals surface area contributed by atoms with Gasteiger partial charge in [0.2, 0.25) is 6.33 Å². The molecule has 9 heavy (non-hydrogen) atoms. The Labute approximate surface area is 59.8 Å². The van der Waals surface area contributed by atoms with E-state index in [1.807, 2.05) is 23.3 Å². The second-order valence-corrected chi connectivity index (χ2v) is 1.24. The van der Waals surface area contributed by atoms with Gasteiger partial charge in [0, 0.05) is 6.38 Å². The number of imidazole rings is 1. The predicted molar refractivity (Wildman–Crippen MR) is 39.2 cm³/mol. The molecule has 0 atom stereocenters. The molecule has 0 bridgehead atoms. The van der Waals surface area contributed by atoms with Crippen LogP contribution in [0.25, 0.3) is 6.20 Å². The molecular formula is C6H10ClN2+. The third-order valence-electron chi connectivity index (χ3n) is 0.777. The first-order valence-corrected chi connectivity index (χ1v) is 3.23. The molecule has 0 radical (unpaired) electrons. The first kappa shape index (κ1) is 8.24. The summed E-state index contributed by atoms with van der Waals surface area (Å²) in [6, 6.07) is 0. The number of rotatable bonds is 1. The summed E-state index contributed by atoms with van der Waals surface area (Å²) in [6.07, 6.45) is 8.72. The molecule has 0 aliphatic rings. The molecule has 0 aromatic carbocycles. The van der Waals surface area contributed by atoms with Crippen LogP contribution in [-0.4, -0.2) is 11.4 Å². The molecule has 50 valence electrons. The number of hydrogen-bond acceptors (Lipinski definition) is 0. The number of aromatic nitrogens is 2. The molecule has 1 heterocycles. The van der Waals surface area contributed by atoms with Crippen molar-refractivity contribution in [2.45, 2.75) is 0 Å². The number of hydrogen-bond donors (Lipinski definition) is 1. The highest BCUT2D eigenvalue weighted by Crippen LogP contribution is 1.65. The zero-order valence-corrected chi connectivity index (χ0v) is 6.10. The predicted octanol–water partition coefficient (Wildman–Crippen LogP) is 1.26. The molecule has 0 fully saturated rings. The zero-order chi connectivity index (χ0) is 7.11. The standard InChI is InChI=1S/C5H6N2.CH3Cl/c1-2-7-4-3-6-5-7;1-2/h2-5H,1H2;1H3/p+1. The number of H-pyrrole nitrogens is 1. The van der Waals surface area contributed by atoms with Crippen molar-refractivity contribution in [1.29, 1.82) is 0 Å². The van der Waals surface area contributed by atoms with E-state index in [1.54, 1.807) is 6.20 Å². The van der Waals surface area contributed by atoms with E-state index in [0.29, 0.717) is 0 Å². The fourth-order valence-corrected chi connectivity index (χ4v) is 0.415. The van der Waals surface area contributed by atoms with Crippen LogP contribution in [0.15, 0.2) is 25.3 Å². The fraction of sp³-hybridized carbons (Fsp3) is 0.167. The highest BCUT2D eigenvalue weighted by molar-refractivity contribution is 6.15. The van der Waals surface area contributed by atoms with Gasteiger partial charge in [0.05, 0.1) is 6.20 Å². The van der Waals surface area contributed by atoms with Gasteiger partial charge >= 0.3 is 0 Å². The van der Waals surface area contributed by atoms with Crippen molar-refractivity contribution in [3.05, 3.63) is 25.3 Å². The van der Waals surface area contributed by atoms with E-state index in [4.69, 9.17) is 0 Å². The maximum Gasteiger partial charge on any atom is 0.246 e. The minimum absolute atomic E-state index is 1.47. The molecule has 0 unspecified atom stereocenters. The molecule has 1 rings (SSSR count). The van der Waals surface area contributed by atoms with Gasteiger partial charge in [-0.1, -0.05) is 6.58 Å². The average Bonchev–Trinajstić information content (AvgIpc) is 2.43. The second kappa shape index (κ2) is 5.38. The average molecular weight is 146 g/mol.